The number of fused-ring (bicyclic) bond motifs is 1. The van der Waals surface area contributed by atoms with Crippen LogP contribution in [0.3, 0.4) is 0 Å². The Bertz CT molecular complexity index is 833. The number of carbonyl (C=O) groups excluding carboxylic acids is 2. The van der Waals surface area contributed by atoms with Gasteiger partial charge in [0.05, 0.1) is 10.7 Å². The predicted molar refractivity (Wildman–Crippen MR) is 128 cm³/mol. The molecule has 0 aromatic heterocycles. The number of amides is 2. The smallest absolute Gasteiger partial charge is 0.270 e. The molecule has 0 saturated heterocycles. The molecule has 1 aliphatic carbocycles. The van der Waals surface area contributed by atoms with Gasteiger partial charge in [-0.05, 0) is 65.5 Å². The summed E-state index contributed by atoms with van der Waals surface area (Å²) in [5.74, 6) is 0.303. The Balaban J connectivity index is 1.96. The maximum atomic E-state index is 13.6. The molecule has 6 nitrogen and oxygen atoms in total. The van der Waals surface area contributed by atoms with Gasteiger partial charge in [0.1, 0.15) is 0 Å². The molecule has 0 radical (unpaired) electrons. The van der Waals surface area contributed by atoms with Crippen molar-refractivity contribution in [3.05, 3.63) is 22.7 Å². The normalized spacial score (nSPS) is 18.5. The summed E-state index contributed by atoms with van der Waals surface area (Å²) >= 11 is 6.63. The molecule has 1 aromatic carbocycles. The van der Waals surface area contributed by atoms with Gasteiger partial charge < -0.3 is 19.3 Å². The van der Waals surface area contributed by atoms with Crippen molar-refractivity contribution in [2.75, 3.05) is 25.2 Å². The average molecular weight is 465 g/mol. The van der Waals surface area contributed by atoms with Gasteiger partial charge >= 0.3 is 0 Å². The molecule has 178 valence electrons. The zero-order valence-corrected chi connectivity index (χ0v) is 20.8. The van der Waals surface area contributed by atoms with Crippen molar-refractivity contribution in [3.8, 4) is 5.75 Å². The monoisotopic (exact) mass is 464 g/mol. The number of unbranched alkanes of at least 4 members (excludes halogenated alkanes) is 1. The lowest BCUT2D eigenvalue weighted by molar-refractivity contribution is -0.132. The summed E-state index contributed by atoms with van der Waals surface area (Å²) in [7, 11) is 1.67. The summed E-state index contributed by atoms with van der Waals surface area (Å²) in [5, 5.41) is 0.362. The third kappa shape index (κ3) is 5.23. The number of anilines is 1. The Hall–Kier alpha value is -1.79. The predicted octanol–water partition coefficient (Wildman–Crippen LogP) is 5.45. The lowest BCUT2D eigenvalue weighted by atomic mass is 9.92. The van der Waals surface area contributed by atoms with Crippen LogP contribution in [-0.4, -0.2) is 54.7 Å². The molecule has 2 aliphatic rings. The van der Waals surface area contributed by atoms with Crippen LogP contribution in [0, 0.1) is 0 Å². The van der Waals surface area contributed by atoms with Gasteiger partial charge in [0.2, 0.25) is 0 Å². The molecular formula is C25H37ClN2O4. The number of hydrogen-bond donors (Lipinski definition) is 0. The van der Waals surface area contributed by atoms with Gasteiger partial charge in [0.15, 0.2) is 11.4 Å². The minimum atomic E-state index is -1.02. The highest BCUT2D eigenvalue weighted by molar-refractivity contribution is 6.33. The van der Waals surface area contributed by atoms with Crippen LogP contribution >= 0.6 is 11.6 Å². The number of nitrogens with zero attached hydrogens (tertiary/aromatic N) is 2. The average Bonchev–Trinajstić information content (AvgIpc) is 2.74. The summed E-state index contributed by atoms with van der Waals surface area (Å²) in [5.41, 5.74) is 0.0659. The minimum absolute atomic E-state index is 0.0341. The Morgan fingerprint density at radius 3 is 2.56 bits per heavy atom. The van der Waals surface area contributed by atoms with Gasteiger partial charge in [-0.25, -0.2) is 0 Å². The Morgan fingerprint density at radius 2 is 1.94 bits per heavy atom. The number of ether oxygens (including phenoxy) is 2. The van der Waals surface area contributed by atoms with Crippen molar-refractivity contribution in [2.45, 2.75) is 90.3 Å². The van der Waals surface area contributed by atoms with Crippen molar-refractivity contribution in [1.82, 2.24) is 4.90 Å². The van der Waals surface area contributed by atoms with Gasteiger partial charge in [0, 0.05) is 37.9 Å². The van der Waals surface area contributed by atoms with Crippen molar-refractivity contribution >= 4 is 29.1 Å². The molecule has 7 heteroatoms. The van der Waals surface area contributed by atoms with E-state index < -0.39 is 5.60 Å². The van der Waals surface area contributed by atoms with Crippen molar-refractivity contribution < 1.29 is 19.1 Å². The van der Waals surface area contributed by atoms with E-state index in [1.54, 1.807) is 38.0 Å². The number of carbonyl (C=O) groups is 2. The van der Waals surface area contributed by atoms with E-state index in [2.05, 4.69) is 13.8 Å². The van der Waals surface area contributed by atoms with Crippen LogP contribution < -0.4 is 9.64 Å². The quantitative estimate of drug-likeness (QED) is 0.479. The number of halogens is 1. The third-order valence-corrected chi connectivity index (χ3v) is 6.70. The maximum Gasteiger partial charge on any atom is 0.270 e. The van der Waals surface area contributed by atoms with Crippen molar-refractivity contribution in [2.24, 2.45) is 0 Å². The topological polar surface area (TPSA) is 59.1 Å². The Morgan fingerprint density at radius 1 is 1.25 bits per heavy atom. The first-order valence-corrected chi connectivity index (χ1v) is 12.2. The highest BCUT2D eigenvalue weighted by atomic mass is 35.5. The van der Waals surface area contributed by atoms with Gasteiger partial charge in [-0.3, -0.25) is 9.59 Å². The zero-order valence-electron chi connectivity index (χ0n) is 20.1. The van der Waals surface area contributed by atoms with Crippen LogP contribution in [-0.2, 0) is 9.53 Å². The second-order valence-electron chi connectivity index (χ2n) is 9.67. The largest absolute Gasteiger partial charge is 0.474 e. The molecule has 0 atom stereocenters. The molecule has 0 unspecified atom stereocenters. The zero-order chi connectivity index (χ0) is 23.5. The summed E-state index contributed by atoms with van der Waals surface area (Å²) in [6.45, 7) is 8.78. The summed E-state index contributed by atoms with van der Waals surface area (Å²) in [6, 6.07) is 3.80. The van der Waals surface area contributed by atoms with E-state index in [-0.39, 0.29) is 23.9 Å². The minimum Gasteiger partial charge on any atom is -0.474 e. The molecule has 0 spiro atoms. The van der Waals surface area contributed by atoms with Gasteiger partial charge in [-0.1, -0.05) is 30.9 Å². The van der Waals surface area contributed by atoms with E-state index >= 15 is 0 Å². The first kappa shape index (κ1) is 24.8. The molecule has 0 bridgehead atoms. The number of rotatable bonds is 8. The molecule has 1 aromatic rings. The van der Waals surface area contributed by atoms with Crippen molar-refractivity contribution in [3.63, 3.8) is 0 Å². The first-order valence-electron chi connectivity index (χ1n) is 11.8. The number of hydrogen-bond acceptors (Lipinski definition) is 4. The van der Waals surface area contributed by atoms with E-state index in [9.17, 15) is 9.59 Å². The van der Waals surface area contributed by atoms with Gasteiger partial charge in [-0.2, -0.15) is 0 Å². The van der Waals surface area contributed by atoms with Gasteiger partial charge in [0.25, 0.3) is 11.8 Å². The van der Waals surface area contributed by atoms with Crippen LogP contribution in [0.15, 0.2) is 12.1 Å². The molecule has 2 amide bonds. The maximum absolute atomic E-state index is 13.6. The molecule has 1 heterocycles. The van der Waals surface area contributed by atoms with Crippen LogP contribution in [0.5, 0.6) is 5.75 Å². The fourth-order valence-corrected chi connectivity index (χ4v) is 5.06. The Kier molecular flexibility index (Phi) is 8.10. The lowest BCUT2D eigenvalue weighted by Gasteiger charge is -2.40. The molecule has 1 saturated carbocycles. The first-order chi connectivity index (χ1) is 15.2. The van der Waals surface area contributed by atoms with E-state index in [4.69, 9.17) is 21.1 Å². The number of methoxy groups -OCH3 is 1. The summed E-state index contributed by atoms with van der Waals surface area (Å²) in [6.07, 6.45) is 7.22. The van der Waals surface area contributed by atoms with Crippen LogP contribution in [0.1, 0.15) is 83.0 Å². The van der Waals surface area contributed by atoms with E-state index in [0.29, 0.717) is 35.2 Å². The van der Waals surface area contributed by atoms with Crippen molar-refractivity contribution in [1.29, 1.82) is 0 Å². The molecule has 32 heavy (non-hydrogen) atoms. The second-order valence-corrected chi connectivity index (χ2v) is 10.1. The molecule has 3 rings (SSSR count). The standard InChI is InChI=1S/C25H37ClN2O4/c1-17(2)28(19-11-7-6-8-12-19)23(29)18-15-20(26)22-21(16-18)27(13-9-10-14-31-5)24(30)25(3,4)32-22/h15-17,19H,6-14H2,1-5H3. The highest BCUT2D eigenvalue weighted by Crippen LogP contribution is 2.44. The molecule has 1 fully saturated rings. The SMILES string of the molecule is COCCCCN1C(=O)C(C)(C)Oc2c(Cl)cc(C(=O)N(C(C)C)C3CCCCC3)cc21. The van der Waals surface area contributed by atoms with E-state index in [1.807, 2.05) is 4.90 Å². The van der Waals surface area contributed by atoms with Crippen LogP contribution in [0.2, 0.25) is 5.02 Å². The fourth-order valence-electron chi connectivity index (χ4n) is 4.81. The number of benzene rings is 1. The summed E-state index contributed by atoms with van der Waals surface area (Å²) < 4.78 is 11.2. The second kappa shape index (κ2) is 10.4. The van der Waals surface area contributed by atoms with Crippen LogP contribution in [0.4, 0.5) is 5.69 Å². The van der Waals surface area contributed by atoms with Gasteiger partial charge in [-0.15, -0.1) is 0 Å². The lowest BCUT2D eigenvalue weighted by Crippen LogP contribution is -2.53. The van der Waals surface area contributed by atoms with E-state index in [1.165, 1.54) is 6.42 Å². The van der Waals surface area contributed by atoms with Crippen LogP contribution in [0.25, 0.3) is 0 Å². The third-order valence-electron chi connectivity index (χ3n) is 6.42. The molecule has 1 aliphatic heterocycles. The molecule has 0 N–H and O–H groups in total. The summed E-state index contributed by atoms with van der Waals surface area (Å²) in [4.78, 5) is 30.5. The fraction of sp³-hybridized carbons (Fsp3) is 0.680. The Labute approximate surface area is 197 Å². The van der Waals surface area contributed by atoms with E-state index in [0.717, 1.165) is 38.5 Å². The highest BCUT2D eigenvalue weighted by Gasteiger charge is 2.42. The molecular weight excluding hydrogens is 428 g/mol.